The fourth-order valence-corrected chi connectivity index (χ4v) is 15.9. The van der Waals surface area contributed by atoms with Gasteiger partial charge in [0.05, 0.1) is 16.4 Å². The first kappa shape index (κ1) is 37.9. The summed E-state index contributed by atoms with van der Waals surface area (Å²) in [6.07, 6.45) is 0. The minimum absolute atomic E-state index is 0.588. The molecule has 0 unspecified atom stereocenters. The summed E-state index contributed by atoms with van der Waals surface area (Å²) in [7, 11) is -2.85. The lowest BCUT2D eigenvalue weighted by atomic mass is 9.67. The molecule has 0 spiro atoms. The Morgan fingerprint density at radius 3 is 1.38 bits per heavy atom. The monoisotopic (exact) mass is 831 g/mol. The SMILES string of the molecule is Cc1ccc(-n2c3ccccc3c3cc(-c4ccc5c(c4)C(c4ccccc4)(c4ccccc4)c4cc([Si](c6ccccc6)(c6ccccc6)c6ccccc6)ccc4-5)ccc32)cc1. The molecule has 0 saturated heterocycles. The van der Waals surface area contributed by atoms with Crippen LogP contribution in [-0.2, 0) is 5.41 Å². The van der Waals surface area contributed by atoms with Gasteiger partial charge in [0.15, 0.2) is 8.07 Å². The molecule has 302 valence electrons. The summed E-state index contributed by atoms with van der Waals surface area (Å²) < 4.78 is 2.41. The molecule has 1 aliphatic carbocycles. The van der Waals surface area contributed by atoms with E-state index in [9.17, 15) is 0 Å². The molecule has 1 aliphatic rings. The maximum absolute atomic E-state index is 2.85. The Kier molecular flexibility index (Phi) is 9.03. The molecule has 10 aromatic carbocycles. The summed E-state index contributed by atoms with van der Waals surface area (Å²) in [4.78, 5) is 0. The highest BCUT2D eigenvalue weighted by Gasteiger charge is 2.49. The van der Waals surface area contributed by atoms with E-state index < -0.39 is 13.5 Å². The number of rotatable bonds is 8. The molecule has 1 nitrogen and oxygen atoms in total. The highest BCUT2D eigenvalue weighted by Crippen LogP contribution is 2.56. The van der Waals surface area contributed by atoms with E-state index in [0.29, 0.717) is 0 Å². The summed E-state index contributed by atoms with van der Waals surface area (Å²) >= 11 is 0. The largest absolute Gasteiger partial charge is 0.309 e. The minimum atomic E-state index is -2.85. The molecule has 0 fully saturated rings. The number of aryl methyl sites for hydroxylation is 1. The van der Waals surface area contributed by atoms with Gasteiger partial charge < -0.3 is 4.57 Å². The fraction of sp³-hybridized carbons (Fsp3) is 0.0323. The van der Waals surface area contributed by atoms with E-state index in [0.717, 1.165) is 0 Å². The van der Waals surface area contributed by atoms with Crippen LogP contribution in [0.5, 0.6) is 0 Å². The van der Waals surface area contributed by atoms with Crippen LogP contribution < -0.4 is 20.7 Å². The van der Waals surface area contributed by atoms with Gasteiger partial charge in [0, 0.05) is 16.5 Å². The van der Waals surface area contributed by atoms with Gasteiger partial charge in [-0.3, -0.25) is 0 Å². The van der Waals surface area contributed by atoms with Gasteiger partial charge in [0.1, 0.15) is 0 Å². The van der Waals surface area contributed by atoms with Crippen molar-refractivity contribution < 1.29 is 0 Å². The molecule has 0 N–H and O–H groups in total. The van der Waals surface area contributed by atoms with Gasteiger partial charge in [-0.2, -0.15) is 0 Å². The standard InChI is InChI=1S/C62H45NSi/c1-44-31-35-49(36-32-44)63-60-30-18-17-29-56(60)57-41-45(34-40-61(57)63)46-33-38-54-55-39-37-53(43-59(55)62(58(54)42-46,47-19-7-2-8-20-47)48-21-9-3-10-22-48)64(50-23-11-4-12-24-50,51-25-13-5-14-26-51)52-27-15-6-16-28-52/h2-43H,1H3. The number of hydrogen-bond donors (Lipinski definition) is 0. The second-order valence-electron chi connectivity index (χ2n) is 17.3. The molecule has 0 amide bonds. The second-order valence-corrected chi connectivity index (χ2v) is 21.1. The van der Waals surface area contributed by atoms with Crippen LogP contribution in [0.15, 0.2) is 255 Å². The van der Waals surface area contributed by atoms with Crippen molar-refractivity contribution >= 4 is 50.6 Å². The zero-order valence-electron chi connectivity index (χ0n) is 35.7. The summed E-state index contributed by atoms with van der Waals surface area (Å²) in [6.45, 7) is 2.15. The van der Waals surface area contributed by atoms with Gasteiger partial charge in [-0.25, -0.2) is 0 Å². The lowest BCUT2D eigenvalue weighted by Crippen LogP contribution is -2.74. The van der Waals surface area contributed by atoms with Gasteiger partial charge in [-0.05, 0) is 109 Å². The summed E-state index contributed by atoms with van der Waals surface area (Å²) in [5.74, 6) is 0. The number of para-hydroxylation sites is 1. The van der Waals surface area contributed by atoms with E-state index in [4.69, 9.17) is 0 Å². The second kappa shape index (κ2) is 15.2. The fourth-order valence-electron chi connectivity index (χ4n) is 11.1. The Hall–Kier alpha value is -7.78. The molecule has 0 radical (unpaired) electrons. The van der Waals surface area contributed by atoms with Crippen molar-refractivity contribution in [2.24, 2.45) is 0 Å². The van der Waals surface area contributed by atoms with Crippen molar-refractivity contribution in [3.8, 4) is 27.9 Å². The minimum Gasteiger partial charge on any atom is -0.309 e. The van der Waals surface area contributed by atoms with Crippen molar-refractivity contribution in [1.82, 2.24) is 4.57 Å². The van der Waals surface area contributed by atoms with Crippen molar-refractivity contribution in [3.63, 3.8) is 0 Å². The van der Waals surface area contributed by atoms with E-state index in [1.54, 1.807) is 0 Å². The molecule has 11 aromatic rings. The van der Waals surface area contributed by atoms with Crippen molar-refractivity contribution in [2.75, 3.05) is 0 Å². The van der Waals surface area contributed by atoms with Crippen LogP contribution in [0.1, 0.15) is 27.8 Å². The highest BCUT2D eigenvalue weighted by atomic mass is 28.3. The smallest absolute Gasteiger partial charge is 0.179 e. The molecule has 64 heavy (non-hydrogen) atoms. The first-order chi connectivity index (χ1) is 31.7. The Labute approximate surface area is 376 Å². The molecule has 0 atom stereocenters. The molecule has 0 aliphatic heterocycles. The van der Waals surface area contributed by atoms with Crippen LogP contribution >= 0.6 is 0 Å². The first-order valence-corrected chi connectivity index (χ1v) is 24.3. The van der Waals surface area contributed by atoms with Crippen molar-refractivity contribution in [3.05, 3.63) is 283 Å². The molecule has 0 saturated carbocycles. The number of fused-ring (bicyclic) bond motifs is 6. The van der Waals surface area contributed by atoms with Gasteiger partial charge >= 0.3 is 0 Å². The first-order valence-electron chi connectivity index (χ1n) is 22.3. The summed E-state index contributed by atoms with van der Waals surface area (Å²) in [6, 6.07) is 95.8. The maximum Gasteiger partial charge on any atom is 0.179 e. The third-order valence-electron chi connectivity index (χ3n) is 13.9. The van der Waals surface area contributed by atoms with Crippen molar-refractivity contribution in [2.45, 2.75) is 12.3 Å². The average molecular weight is 832 g/mol. The Bertz CT molecular complexity index is 3330. The molecular formula is C62H45NSi. The van der Waals surface area contributed by atoms with E-state index in [2.05, 4.69) is 266 Å². The van der Waals surface area contributed by atoms with Crippen LogP contribution in [0, 0.1) is 6.92 Å². The zero-order chi connectivity index (χ0) is 42.7. The molecule has 1 aromatic heterocycles. The van der Waals surface area contributed by atoms with Gasteiger partial charge in [0.25, 0.3) is 0 Å². The lowest BCUT2D eigenvalue weighted by Gasteiger charge is -2.37. The highest BCUT2D eigenvalue weighted by molar-refractivity contribution is 7.19. The third-order valence-corrected chi connectivity index (χ3v) is 18.7. The number of hydrogen-bond acceptors (Lipinski definition) is 0. The van der Waals surface area contributed by atoms with Crippen molar-refractivity contribution in [1.29, 1.82) is 0 Å². The Balaban J connectivity index is 1.13. The molecule has 2 heteroatoms. The van der Waals surface area contributed by atoms with Crippen LogP contribution in [0.3, 0.4) is 0 Å². The van der Waals surface area contributed by atoms with E-state index in [1.807, 2.05) is 0 Å². The van der Waals surface area contributed by atoms with Gasteiger partial charge in [-0.15, -0.1) is 0 Å². The summed E-state index contributed by atoms with van der Waals surface area (Å²) in [5, 5.41) is 7.99. The zero-order valence-corrected chi connectivity index (χ0v) is 36.7. The lowest BCUT2D eigenvalue weighted by molar-refractivity contribution is 0.769. The topological polar surface area (TPSA) is 4.93 Å². The van der Waals surface area contributed by atoms with Gasteiger partial charge in [-0.1, -0.05) is 224 Å². The van der Waals surface area contributed by atoms with Crippen LogP contribution in [0.2, 0.25) is 0 Å². The van der Waals surface area contributed by atoms with Crippen LogP contribution in [0.25, 0.3) is 49.7 Å². The average Bonchev–Trinajstić information content (AvgIpc) is 3.86. The molecule has 1 heterocycles. The molecule has 0 bridgehead atoms. The van der Waals surface area contributed by atoms with Crippen LogP contribution in [-0.4, -0.2) is 12.6 Å². The summed E-state index contributed by atoms with van der Waals surface area (Å²) in [5.41, 5.74) is 14.4. The quantitative estimate of drug-likeness (QED) is 0.106. The van der Waals surface area contributed by atoms with E-state index >= 15 is 0 Å². The molecular weight excluding hydrogens is 787 g/mol. The normalized spacial score (nSPS) is 12.9. The third kappa shape index (κ3) is 5.69. The Morgan fingerprint density at radius 1 is 0.344 bits per heavy atom. The molecule has 12 rings (SSSR count). The maximum atomic E-state index is 2.61. The Morgan fingerprint density at radius 2 is 0.797 bits per heavy atom. The van der Waals surface area contributed by atoms with Gasteiger partial charge in [0.2, 0.25) is 0 Å². The number of benzene rings is 10. The predicted octanol–water partition coefficient (Wildman–Crippen LogP) is 12.5. The van der Waals surface area contributed by atoms with Crippen LogP contribution in [0.4, 0.5) is 0 Å². The number of aromatic nitrogens is 1. The van der Waals surface area contributed by atoms with E-state index in [-0.39, 0.29) is 0 Å². The predicted molar refractivity (Wildman–Crippen MR) is 272 cm³/mol. The van der Waals surface area contributed by atoms with E-state index in [1.165, 1.54) is 98.3 Å². The number of nitrogens with zero attached hydrogens (tertiary/aromatic N) is 1.